The maximum Gasteiger partial charge on any atom is 0.278 e. The molecule has 0 atom stereocenters. The Morgan fingerprint density at radius 3 is 2.53 bits per heavy atom. The largest absolute Gasteiger partial charge is 0.384 e. The number of anilines is 3. The number of halogens is 2. The number of carbonyl (C=O) groups is 1. The summed E-state index contributed by atoms with van der Waals surface area (Å²) in [6, 6.07) is 22.2. The molecule has 308 valence electrons. The van der Waals surface area contributed by atoms with Gasteiger partial charge in [0.25, 0.3) is 11.5 Å². The maximum absolute atomic E-state index is 14.4. The fourth-order valence-electron chi connectivity index (χ4n) is 8.17. The summed E-state index contributed by atoms with van der Waals surface area (Å²) in [5, 5.41) is 18.5. The van der Waals surface area contributed by atoms with Crippen molar-refractivity contribution in [1.82, 2.24) is 39.5 Å². The fourth-order valence-corrected chi connectivity index (χ4v) is 8.47. The summed E-state index contributed by atoms with van der Waals surface area (Å²) < 4.78 is 22.9. The summed E-state index contributed by atoms with van der Waals surface area (Å²) in [7, 11) is 1.58. The Morgan fingerprint density at radius 1 is 0.983 bits per heavy atom. The minimum Gasteiger partial charge on any atom is -0.384 e. The lowest BCUT2D eigenvalue weighted by atomic mass is 9.99. The Kier molecular flexibility index (Phi) is 10.4. The number of nitrogens with zero attached hydrogens (tertiary/aromatic N) is 7. The SMILES string of the molecule is COCCn1c(=O)c2cnc(Nc3ccc(N4CCN(Cc5ccc(-c6[nH]c7cc(F)cc8c7c6CCNC8=O)c(Cl)c5)CC4)cc3)nc2n1-c1cccc(C(C)(C)O)n1. The van der Waals surface area contributed by atoms with Crippen molar-refractivity contribution in [3.63, 3.8) is 0 Å². The second-order valence-corrected chi connectivity index (χ2v) is 16.1. The molecule has 0 unspecified atom stereocenters. The first-order valence-electron chi connectivity index (χ1n) is 19.9. The normalized spacial score (nSPS) is 14.8. The standard InChI is InChI=1S/C44H44ClFN10O4/c1-44(2,59)36-5-4-6-37(51-36)56-40-33(42(58)55(56)19-20-60-3)24-48-43(52-40)49-28-8-10-29(11-9-28)54-17-15-53(16-18-54)25-26-7-12-30(34(45)21-26)39-31-13-14-47-41(57)32-22-27(46)23-35(50-39)38(31)32/h4-12,21-24,50,59H,13-20,25H2,1-3H3,(H,47,57)(H,48,49,52). The molecule has 1 fully saturated rings. The zero-order valence-corrected chi connectivity index (χ0v) is 34.2. The highest BCUT2D eigenvalue weighted by atomic mass is 35.5. The van der Waals surface area contributed by atoms with Crippen LogP contribution in [0.15, 0.2) is 83.8 Å². The first-order chi connectivity index (χ1) is 28.9. The fraction of sp³-hybridized carbons (Fsp3) is 0.295. The third-order valence-electron chi connectivity index (χ3n) is 11.2. The third kappa shape index (κ3) is 7.49. The van der Waals surface area contributed by atoms with E-state index in [0.717, 1.165) is 71.9 Å². The predicted molar refractivity (Wildman–Crippen MR) is 230 cm³/mol. The van der Waals surface area contributed by atoms with Crippen LogP contribution in [0.25, 0.3) is 39.0 Å². The number of hydrogen-bond acceptors (Lipinski definition) is 10. The van der Waals surface area contributed by atoms with Gasteiger partial charge in [-0.2, -0.15) is 4.98 Å². The maximum atomic E-state index is 14.4. The molecule has 1 amide bonds. The number of aromatic amines is 1. The van der Waals surface area contributed by atoms with E-state index in [1.807, 2.05) is 24.3 Å². The topological polar surface area (TPSA) is 158 Å². The summed E-state index contributed by atoms with van der Waals surface area (Å²) >= 11 is 6.92. The van der Waals surface area contributed by atoms with Crippen LogP contribution < -0.4 is 21.1 Å². The van der Waals surface area contributed by atoms with Crippen molar-refractivity contribution in [2.45, 2.75) is 39.0 Å². The highest BCUT2D eigenvalue weighted by molar-refractivity contribution is 6.33. The summed E-state index contributed by atoms with van der Waals surface area (Å²) in [5.74, 6) is 0.0190. The summed E-state index contributed by atoms with van der Waals surface area (Å²) in [5.41, 5.74) is 5.90. The summed E-state index contributed by atoms with van der Waals surface area (Å²) in [4.78, 5) is 48.2. The van der Waals surface area contributed by atoms with E-state index >= 15 is 0 Å². The Morgan fingerprint density at radius 2 is 1.78 bits per heavy atom. The van der Waals surface area contributed by atoms with E-state index in [2.05, 4.69) is 53.6 Å². The van der Waals surface area contributed by atoms with Gasteiger partial charge in [-0.3, -0.25) is 14.5 Å². The molecule has 0 spiro atoms. The lowest BCUT2D eigenvalue weighted by molar-refractivity contribution is 0.0737. The van der Waals surface area contributed by atoms with Gasteiger partial charge in [0, 0.05) is 80.4 Å². The van der Waals surface area contributed by atoms with Gasteiger partial charge in [0.1, 0.15) is 16.8 Å². The third-order valence-corrected chi connectivity index (χ3v) is 11.5. The van der Waals surface area contributed by atoms with Crippen molar-refractivity contribution >= 4 is 56.8 Å². The highest BCUT2D eigenvalue weighted by Gasteiger charge is 2.26. The minimum atomic E-state index is -1.18. The van der Waals surface area contributed by atoms with Crippen molar-refractivity contribution in [1.29, 1.82) is 0 Å². The zero-order chi connectivity index (χ0) is 41.7. The van der Waals surface area contributed by atoms with Crippen LogP contribution in [0.4, 0.5) is 21.7 Å². The van der Waals surface area contributed by atoms with Crippen LogP contribution in [-0.2, 0) is 29.8 Å². The van der Waals surface area contributed by atoms with Gasteiger partial charge in [-0.15, -0.1) is 0 Å². The van der Waals surface area contributed by atoms with Gasteiger partial charge in [-0.05, 0) is 86.0 Å². The molecule has 2 aliphatic heterocycles. The van der Waals surface area contributed by atoms with Crippen molar-refractivity contribution in [3.05, 3.63) is 123 Å². The van der Waals surface area contributed by atoms with E-state index in [-0.39, 0.29) is 18.0 Å². The molecule has 0 radical (unpaired) electrons. The van der Waals surface area contributed by atoms with Crippen LogP contribution in [0.1, 0.15) is 41.0 Å². The van der Waals surface area contributed by atoms with Crippen LogP contribution in [0, 0.1) is 5.82 Å². The van der Waals surface area contributed by atoms with E-state index in [4.69, 9.17) is 21.3 Å². The van der Waals surface area contributed by atoms with E-state index in [1.165, 1.54) is 23.0 Å². The van der Waals surface area contributed by atoms with Crippen LogP contribution in [-0.4, -0.2) is 91.7 Å². The van der Waals surface area contributed by atoms with Crippen molar-refractivity contribution < 1.29 is 19.0 Å². The minimum absolute atomic E-state index is 0.266. The van der Waals surface area contributed by atoms with Gasteiger partial charge >= 0.3 is 0 Å². The van der Waals surface area contributed by atoms with Gasteiger partial charge in [0.2, 0.25) is 5.95 Å². The Balaban J connectivity index is 0.865. The van der Waals surface area contributed by atoms with Crippen LogP contribution in [0.5, 0.6) is 0 Å². The number of carbonyl (C=O) groups excluding carboxylic acids is 1. The molecule has 4 aromatic heterocycles. The first kappa shape index (κ1) is 39.3. The number of methoxy groups -OCH3 is 1. The predicted octanol–water partition coefficient (Wildman–Crippen LogP) is 6.14. The van der Waals surface area contributed by atoms with E-state index < -0.39 is 11.4 Å². The number of hydrogen-bond donors (Lipinski definition) is 4. The number of aromatic nitrogens is 6. The molecule has 60 heavy (non-hydrogen) atoms. The number of piperazine rings is 1. The molecule has 0 bridgehead atoms. The molecule has 3 aromatic carbocycles. The Hall–Kier alpha value is -6.13. The highest BCUT2D eigenvalue weighted by Crippen LogP contribution is 2.38. The van der Waals surface area contributed by atoms with Gasteiger partial charge in [0.05, 0.1) is 35.1 Å². The molecule has 7 aromatic rings. The average Bonchev–Trinajstić information content (AvgIpc) is 3.66. The number of H-pyrrole nitrogens is 1. The van der Waals surface area contributed by atoms with E-state index in [1.54, 1.807) is 43.8 Å². The number of rotatable bonds is 11. The van der Waals surface area contributed by atoms with Gasteiger partial charge in [-0.1, -0.05) is 29.8 Å². The number of benzene rings is 3. The number of fused-ring (bicyclic) bond motifs is 1. The van der Waals surface area contributed by atoms with Gasteiger partial charge in [0.15, 0.2) is 11.5 Å². The number of pyridine rings is 1. The molecule has 14 nitrogen and oxygen atoms in total. The number of ether oxygens (including phenoxy) is 1. The lowest BCUT2D eigenvalue weighted by Gasteiger charge is -2.36. The van der Waals surface area contributed by atoms with Crippen LogP contribution in [0.2, 0.25) is 5.02 Å². The zero-order valence-electron chi connectivity index (χ0n) is 33.4. The van der Waals surface area contributed by atoms with Gasteiger partial charge in [-0.25, -0.2) is 23.7 Å². The molecule has 0 saturated carbocycles. The smallest absolute Gasteiger partial charge is 0.278 e. The van der Waals surface area contributed by atoms with Crippen molar-refractivity contribution in [2.75, 3.05) is 56.7 Å². The average molecular weight is 831 g/mol. The molecule has 0 aliphatic carbocycles. The second kappa shape index (κ2) is 15.8. The Bertz CT molecular complexity index is 2820. The molecular formula is C44H44ClFN10O4. The van der Waals surface area contributed by atoms with Crippen molar-refractivity contribution in [2.24, 2.45) is 0 Å². The number of aliphatic hydroxyl groups is 1. The lowest BCUT2D eigenvalue weighted by Crippen LogP contribution is -2.45. The first-order valence-corrected chi connectivity index (χ1v) is 20.3. The van der Waals surface area contributed by atoms with Crippen LogP contribution >= 0.6 is 11.6 Å². The second-order valence-electron chi connectivity index (χ2n) is 15.7. The molecule has 4 N–H and O–H groups in total. The molecule has 16 heteroatoms. The molecule has 2 aliphatic rings. The quantitative estimate of drug-likeness (QED) is 0.119. The van der Waals surface area contributed by atoms with E-state index in [0.29, 0.717) is 64.2 Å². The van der Waals surface area contributed by atoms with Crippen molar-refractivity contribution in [3.8, 4) is 17.1 Å². The summed E-state index contributed by atoms with van der Waals surface area (Å²) in [6.07, 6.45) is 2.13. The molecule has 6 heterocycles. The monoisotopic (exact) mass is 830 g/mol. The number of nitrogens with one attached hydrogen (secondary N) is 3. The van der Waals surface area contributed by atoms with Crippen LogP contribution in [0.3, 0.4) is 0 Å². The summed E-state index contributed by atoms with van der Waals surface area (Å²) in [6.45, 7) is 8.53. The molecule has 9 rings (SSSR count). The van der Waals surface area contributed by atoms with Gasteiger partial charge < -0.3 is 30.4 Å². The number of amides is 1. The Labute approximate surface area is 349 Å². The molecular weight excluding hydrogens is 787 g/mol. The van der Waals surface area contributed by atoms with E-state index in [9.17, 15) is 19.1 Å². The molecule has 1 saturated heterocycles.